The zero-order valence-electron chi connectivity index (χ0n) is 6.90. The summed E-state index contributed by atoms with van der Waals surface area (Å²) in [6, 6.07) is 0. The largest absolute Gasteiger partial charge is 0.356 e. The number of aromatic nitrogens is 2. The highest BCUT2D eigenvalue weighted by atomic mass is 15.2. The molecule has 1 aliphatic rings. The van der Waals surface area contributed by atoms with Gasteiger partial charge in [-0.25, -0.2) is 9.97 Å². The zero-order valence-corrected chi connectivity index (χ0v) is 6.90. The molecule has 2 rings (SSSR count). The van der Waals surface area contributed by atoms with Crippen LogP contribution in [0.4, 0.5) is 5.82 Å². The molecule has 1 saturated heterocycles. The van der Waals surface area contributed by atoms with E-state index in [2.05, 4.69) is 14.9 Å². The van der Waals surface area contributed by atoms with Crippen LogP contribution in [-0.2, 0) is 6.54 Å². The van der Waals surface area contributed by atoms with Crippen molar-refractivity contribution in [1.82, 2.24) is 9.97 Å². The number of nitrogens with zero attached hydrogens (tertiary/aromatic N) is 3. The SMILES string of the molecule is NCc1cncnc1N1CCC1. The molecule has 0 amide bonds. The molecule has 12 heavy (non-hydrogen) atoms. The summed E-state index contributed by atoms with van der Waals surface area (Å²) in [4.78, 5) is 10.4. The quantitative estimate of drug-likeness (QED) is 0.675. The minimum Gasteiger partial charge on any atom is -0.356 e. The highest BCUT2D eigenvalue weighted by molar-refractivity contribution is 5.47. The first-order valence-corrected chi connectivity index (χ1v) is 4.15. The van der Waals surface area contributed by atoms with Gasteiger partial charge in [0.1, 0.15) is 12.1 Å². The van der Waals surface area contributed by atoms with E-state index >= 15 is 0 Å². The van der Waals surface area contributed by atoms with Gasteiger partial charge >= 0.3 is 0 Å². The van der Waals surface area contributed by atoms with Crippen LogP contribution in [0, 0.1) is 0 Å². The third-order valence-electron chi connectivity index (χ3n) is 2.14. The van der Waals surface area contributed by atoms with Gasteiger partial charge in [0.25, 0.3) is 0 Å². The van der Waals surface area contributed by atoms with E-state index in [1.165, 1.54) is 6.42 Å². The first-order valence-electron chi connectivity index (χ1n) is 4.15. The van der Waals surface area contributed by atoms with Crippen LogP contribution in [0.1, 0.15) is 12.0 Å². The monoisotopic (exact) mass is 164 g/mol. The van der Waals surface area contributed by atoms with Crippen LogP contribution < -0.4 is 10.6 Å². The van der Waals surface area contributed by atoms with Crippen molar-refractivity contribution in [2.45, 2.75) is 13.0 Å². The molecule has 1 aromatic heterocycles. The molecule has 1 aliphatic heterocycles. The summed E-state index contributed by atoms with van der Waals surface area (Å²) in [6.45, 7) is 2.72. The number of rotatable bonds is 2. The lowest BCUT2D eigenvalue weighted by Gasteiger charge is -2.33. The summed E-state index contributed by atoms with van der Waals surface area (Å²) in [5.74, 6) is 1.01. The van der Waals surface area contributed by atoms with E-state index in [1.807, 2.05) is 0 Å². The third-order valence-corrected chi connectivity index (χ3v) is 2.14. The fraction of sp³-hybridized carbons (Fsp3) is 0.500. The van der Waals surface area contributed by atoms with Crippen molar-refractivity contribution in [3.63, 3.8) is 0 Å². The molecule has 0 unspecified atom stereocenters. The highest BCUT2D eigenvalue weighted by Gasteiger charge is 2.17. The molecule has 2 heterocycles. The molecule has 0 atom stereocenters. The zero-order chi connectivity index (χ0) is 8.39. The second kappa shape index (κ2) is 3.06. The van der Waals surface area contributed by atoms with E-state index < -0.39 is 0 Å². The molecule has 0 spiro atoms. The average Bonchev–Trinajstić information content (AvgIpc) is 2.02. The first-order chi connectivity index (χ1) is 5.92. The van der Waals surface area contributed by atoms with Crippen molar-refractivity contribution in [2.75, 3.05) is 18.0 Å². The standard InChI is InChI=1S/C8H12N4/c9-4-7-5-10-6-11-8(7)12-2-1-3-12/h5-6H,1-4,9H2. The molecular weight excluding hydrogens is 152 g/mol. The molecule has 0 aromatic carbocycles. The molecule has 64 valence electrons. The highest BCUT2D eigenvalue weighted by Crippen LogP contribution is 2.20. The average molecular weight is 164 g/mol. The van der Waals surface area contributed by atoms with Gasteiger partial charge in [0.05, 0.1) is 0 Å². The molecule has 0 bridgehead atoms. The van der Waals surface area contributed by atoms with Crippen molar-refractivity contribution in [3.8, 4) is 0 Å². The van der Waals surface area contributed by atoms with Gasteiger partial charge in [0, 0.05) is 31.4 Å². The summed E-state index contributed by atoms with van der Waals surface area (Å²) in [7, 11) is 0. The molecule has 4 nitrogen and oxygen atoms in total. The maximum absolute atomic E-state index is 5.56. The fourth-order valence-electron chi connectivity index (χ4n) is 1.31. The number of hydrogen-bond acceptors (Lipinski definition) is 4. The van der Waals surface area contributed by atoms with Crippen LogP contribution in [0.5, 0.6) is 0 Å². The molecule has 1 aromatic rings. The Morgan fingerprint density at radius 3 is 2.92 bits per heavy atom. The summed E-state index contributed by atoms with van der Waals surface area (Å²) >= 11 is 0. The maximum atomic E-state index is 5.56. The lowest BCUT2D eigenvalue weighted by atomic mass is 10.2. The molecule has 0 radical (unpaired) electrons. The Bertz CT molecular complexity index is 270. The summed E-state index contributed by atoms with van der Waals surface area (Å²) in [5, 5.41) is 0. The summed E-state index contributed by atoms with van der Waals surface area (Å²) in [5.41, 5.74) is 6.60. The van der Waals surface area contributed by atoms with Crippen LogP contribution in [0.15, 0.2) is 12.5 Å². The summed E-state index contributed by atoms with van der Waals surface area (Å²) in [6.07, 6.45) is 4.63. The van der Waals surface area contributed by atoms with Crippen molar-refractivity contribution < 1.29 is 0 Å². The lowest BCUT2D eigenvalue weighted by molar-refractivity contribution is 0.605. The van der Waals surface area contributed by atoms with Crippen molar-refractivity contribution in [3.05, 3.63) is 18.1 Å². The molecule has 1 fully saturated rings. The lowest BCUT2D eigenvalue weighted by Crippen LogP contribution is -2.38. The van der Waals surface area contributed by atoms with E-state index in [9.17, 15) is 0 Å². The minimum absolute atomic E-state index is 0.521. The van der Waals surface area contributed by atoms with E-state index in [-0.39, 0.29) is 0 Å². The van der Waals surface area contributed by atoms with Gasteiger partial charge in [-0.2, -0.15) is 0 Å². The molecular formula is C8H12N4. The molecule has 0 aliphatic carbocycles. The predicted octanol–water partition coefficient (Wildman–Crippen LogP) is 0.145. The van der Waals surface area contributed by atoms with Crippen LogP contribution >= 0.6 is 0 Å². The van der Waals surface area contributed by atoms with E-state index in [0.717, 1.165) is 24.5 Å². The Labute approximate surface area is 71.4 Å². The fourth-order valence-corrected chi connectivity index (χ4v) is 1.31. The van der Waals surface area contributed by atoms with Crippen molar-refractivity contribution >= 4 is 5.82 Å². The second-order valence-corrected chi connectivity index (χ2v) is 2.92. The Hall–Kier alpha value is -1.16. The van der Waals surface area contributed by atoms with Gasteiger partial charge in [0.15, 0.2) is 0 Å². The van der Waals surface area contributed by atoms with E-state index in [4.69, 9.17) is 5.73 Å². The molecule has 4 heteroatoms. The topological polar surface area (TPSA) is 55.0 Å². The van der Waals surface area contributed by atoms with E-state index in [0.29, 0.717) is 6.54 Å². The van der Waals surface area contributed by atoms with Crippen LogP contribution in [0.2, 0.25) is 0 Å². The third kappa shape index (κ3) is 1.14. The smallest absolute Gasteiger partial charge is 0.136 e. The van der Waals surface area contributed by atoms with Gasteiger partial charge in [-0.15, -0.1) is 0 Å². The first kappa shape index (κ1) is 7.49. The van der Waals surface area contributed by atoms with Gasteiger partial charge in [0.2, 0.25) is 0 Å². The Balaban J connectivity index is 2.27. The Morgan fingerprint density at radius 1 is 1.50 bits per heavy atom. The van der Waals surface area contributed by atoms with Gasteiger partial charge < -0.3 is 10.6 Å². The van der Waals surface area contributed by atoms with Crippen LogP contribution in [0.3, 0.4) is 0 Å². The van der Waals surface area contributed by atoms with Crippen LogP contribution in [0.25, 0.3) is 0 Å². The Morgan fingerprint density at radius 2 is 2.33 bits per heavy atom. The van der Waals surface area contributed by atoms with E-state index in [1.54, 1.807) is 12.5 Å². The second-order valence-electron chi connectivity index (χ2n) is 2.92. The predicted molar refractivity (Wildman–Crippen MR) is 46.8 cm³/mol. The number of hydrogen-bond donors (Lipinski definition) is 1. The van der Waals surface area contributed by atoms with Gasteiger partial charge in [-0.3, -0.25) is 0 Å². The van der Waals surface area contributed by atoms with Crippen LogP contribution in [-0.4, -0.2) is 23.1 Å². The van der Waals surface area contributed by atoms with Crippen molar-refractivity contribution in [1.29, 1.82) is 0 Å². The van der Waals surface area contributed by atoms with Gasteiger partial charge in [-0.05, 0) is 6.42 Å². The normalized spacial score (nSPS) is 15.9. The summed E-state index contributed by atoms with van der Waals surface area (Å²) < 4.78 is 0. The Kier molecular flexibility index (Phi) is 1.91. The molecule has 0 saturated carbocycles. The maximum Gasteiger partial charge on any atom is 0.136 e. The van der Waals surface area contributed by atoms with Crippen molar-refractivity contribution in [2.24, 2.45) is 5.73 Å². The number of nitrogens with two attached hydrogens (primary N) is 1. The molecule has 2 N–H and O–H groups in total. The number of anilines is 1. The minimum atomic E-state index is 0.521. The van der Waals surface area contributed by atoms with Gasteiger partial charge in [-0.1, -0.05) is 0 Å².